The van der Waals surface area contributed by atoms with Crippen molar-refractivity contribution in [3.8, 4) is 0 Å². The summed E-state index contributed by atoms with van der Waals surface area (Å²) in [6.07, 6.45) is -0.560. The number of rotatable bonds is 1. The normalized spacial score (nSPS) is 12.3. The van der Waals surface area contributed by atoms with E-state index in [4.69, 9.17) is 10.2 Å². The number of nitrogens with zero attached hydrogens (tertiary/aromatic N) is 1. The maximum Gasteiger partial charge on any atom is 0.0742 e. The molecule has 0 aromatic heterocycles. The SMILES string of the molecule is CN(C)C.C[C@H](O)CO. The Labute approximate surface area is 56.9 Å². The molecule has 1 atom stereocenters. The number of aliphatic hydroxyl groups excluding tert-OH is 2. The predicted molar refractivity (Wildman–Crippen MR) is 38.4 cm³/mol. The molecule has 0 aliphatic carbocycles. The topological polar surface area (TPSA) is 43.7 Å². The van der Waals surface area contributed by atoms with Crippen molar-refractivity contribution in [1.82, 2.24) is 4.90 Å². The lowest BCUT2D eigenvalue weighted by Crippen LogP contribution is -2.03. The quantitative estimate of drug-likeness (QED) is 0.511. The Morgan fingerprint density at radius 3 is 1.44 bits per heavy atom. The summed E-state index contributed by atoms with van der Waals surface area (Å²) in [5.41, 5.74) is 0. The van der Waals surface area contributed by atoms with E-state index in [-0.39, 0.29) is 6.61 Å². The fourth-order valence-electron chi connectivity index (χ4n) is 0. The van der Waals surface area contributed by atoms with Gasteiger partial charge < -0.3 is 15.1 Å². The standard InChI is InChI=1S/C3H9N.C3H8O2/c1-4(2)3;1-3(5)2-4/h1-3H3;3-5H,2H2,1H3/t;3-/m.0/s1. The first kappa shape index (κ1) is 11.6. The third-order valence-electron chi connectivity index (χ3n) is 0.264. The van der Waals surface area contributed by atoms with E-state index < -0.39 is 6.10 Å². The van der Waals surface area contributed by atoms with Crippen molar-refractivity contribution in [2.24, 2.45) is 0 Å². The molecule has 0 saturated carbocycles. The summed E-state index contributed by atoms with van der Waals surface area (Å²) in [7, 11) is 6.00. The molecule has 0 saturated heterocycles. The van der Waals surface area contributed by atoms with E-state index in [1.165, 1.54) is 6.92 Å². The van der Waals surface area contributed by atoms with Gasteiger partial charge in [0.2, 0.25) is 0 Å². The third kappa shape index (κ3) is 77.1. The third-order valence-corrected chi connectivity index (χ3v) is 0.264. The molecule has 9 heavy (non-hydrogen) atoms. The molecule has 3 nitrogen and oxygen atoms in total. The molecular weight excluding hydrogens is 118 g/mol. The van der Waals surface area contributed by atoms with Gasteiger partial charge in [-0.2, -0.15) is 0 Å². The van der Waals surface area contributed by atoms with Gasteiger partial charge in [0.15, 0.2) is 0 Å². The highest BCUT2D eigenvalue weighted by Gasteiger charge is 1.83. The van der Waals surface area contributed by atoms with E-state index in [1.807, 2.05) is 26.0 Å². The van der Waals surface area contributed by atoms with Crippen LogP contribution in [0.15, 0.2) is 0 Å². The smallest absolute Gasteiger partial charge is 0.0742 e. The molecule has 2 N–H and O–H groups in total. The van der Waals surface area contributed by atoms with Crippen molar-refractivity contribution >= 4 is 0 Å². The maximum absolute atomic E-state index is 8.11. The van der Waals surface area contributed by atoms with Crippen LogP contribution in [0, 0.1) is 0 Å². The van der Waals surface area contributed by atoms with E-state index in [9.17, 15) is 0 Å². The van der Waals surface area contributed by atoms with Crippen LogP contribution in [0.1, 0.15) is 6.92 Å². The first-order valence-electron chi connectivity index (χ1n) is 2.90. The molecule has 0 radical (unpaired) electrons. The molecule has 0 aromatic carbocycles. The average molecular weight is 135 g/mol. The van der Waals surface area contributed by atoms with Crippen LogP contribution in [0.4, 0.5) is 0 Å². The summed E-state index contributed by atoms with van der Waals surface area (Å²) in [5, 5.41) is 16.0. The van der Waals surface area contributed by atoms with Gasteiger partial charge in [0, 0.05) is 0 Å². The van der Waals surface area contributed by atoms with Gasteiger partial charge in [-0.15, -0.1) is 0 Å². The van der Waals surface area contributed by atoms with E-state index in [1.54, 1.807) is 0 Å². The van der Waals surface area contributed by atoms with Gasteiger partial charge in [-0.1, -0.05) is 0 Å². The van der Waals surface area contributed by atoms with Gasteiger partial charge in [0.05, 0.1) is 12.7 Å². The van der Waals surface area contributed by atoms with Crippen LogP contribution in [0.25, 0.3) is 0 Å². The van der Waals surface area contributed by atoms with Gasteiger partial charge in [0.25, 0.3) is 0 Å². The maximum atomic E-state index is 8.11. The van der Waals surface area contributed by atoms with E-state index in [2.05, 4.69) is 0 Å². The molecule has 58 valence electrons. The number of hydrogen-bond acceptors (Lipinski definition) is 3. The van der Waals surface area contributed by atoms with Crippen molar-refractivity contribution in [3.05, 3.63) is 0 Å². The van der Waals surface area contributed by atoms with Crippen molar-refractivity contribution in [2.45, 2.75) is 13.0 Å². The van der Waals surface area contributed by atoms with Crippen LogP contribution < -0.4 is 0 Å². The Morgan fingerprint density at radius 2 is 1.44 bits per heavy atom. The highest BCUT2D eigenvalue weighted by molar-refractivity contribution is 4.34. The molecule has 0 spiro atoms. The first-order chi connectivity index (χ1) is 4.00. The predicted octanol–water partition coefficient (Wildman–Crippen LogP) is -0.463. The molecular formula is C6H17NO2. The first-order valence-corrected chi connectivity index (χ1v) is 2.90. The highest BCUT2D eigenvalue weighted by Crippen LogP contribution is 1.68. The minimum Gasteiger partial charge on any atom is -0.394 e. The lowest BCUT2D eigenvalue weighted by molar-refractivity contribution is 0.110. The fourth-order valence-corrected chi connectivity index (χ4v) is 0. The van der Waals surface area contributed by atoms with Crippen LogP contribution in [0.5, 0.6) is 0 Å². The molecule has 0 unspecified atom stereocenters. The molecule has 0 aliphatic rings. The summed E-state index contributed by atoms with van der Waals surface area (Å²) in [4.78, 5) is 2.00. The Morgan fingerprint density at radius 1 is 1.33 bits per heavy atom. The van der Waals surface area contributed by atoms with Crippen LogP contribution in [-0.4, -0.2) is 49.0 Å². The van der Waals surface area contributed by atoms with Crippen LogP contribution in [0.3, 0.4) is 0 Å². The molecule has 0 aliphatic heterocycles. The zero-order chi connectivity index (χ0) is 7.86. The van der Waals surface area contributed by atoms with Gasteiger partial charge >= 0.3 is 0 Å². The number of aliphatic hydroxyl groups is 2. The second-order valence-electron chi connectivity index (χ2n) is 2.37. The summed E-state index contributed by atoms with van der Waals surface area (Å²) in [6, 6.07) is 0. The Bertz CT molecular complexity index is 43.6. The zero-order valence-corrected chi connectivity index (χ0v) is 6.63. The molecule has 0 aromatic rings. The van der Waals surface area contributed by atoms with Gasteiger partial charge in [-0.3, -0.25) is 0 Å². The van der Waals surface area contributed by atoms with Gasteiger partial charge in [0.1, 0.15) is 0 Å². The van der Waals surface area contributed by atoms with Gasteiger partial charge in [-0.05, 0) is 28.1 Å². The van der Waals surface area contributed by atoms with Crippen LogP contribution in [-0.2, 0) is 0 Å². The van der Waals surface area contributed by atoms with Crippen molar-refractivity contribution in [1.29, 1.82) is 0 Å². The summed E-state index contributed by atoms with van der Waals surface area (Å²) in [6.45, 7) is 1.39. The molecule has 0 amide bonds. The van der Waals surface area contributed by atoms with Gasteiger partial charge in [-0.25, -0.2) is 0 Å². The van der Waals surface area contributed by atoms with Crippen LogP contribution >= 0.6 is 0 Å². The lowest BCUT2D eigenvalue weighted by Gasteiger charge is -1.90. The Balaban J connectivity index is 0. The highest BCUT2D eigenvalue weighted by atomic mass is 16.3. The van der Waals surface area contributed by atoms with E-state index in [0.717, 1.165) is 0 Å². The fraction of sp³-hybridized carbons (Fsp3) is 1.00. The number of hydrogen-bond donors (Lipinski definition) is 2. The van der Waals surface area contributed by atoms with E-state index in [0.29, 0.717) is 0 Å². The van der Waals surface area contributed by atoms with Crippen LogP contribution in [0.2, 0.25) is 0 Å². The van der Waals surface area contributed by atoms with Crippen molar-refractivity contribution in [2.75, 3.05) is 27.7 Å². The largest absolute Gasteiger partial charge is 0.394 e. The van der Waals surface area contributed by atoms with E-state index >= 15 is 0 Å². The zero-order valence-electron chi connectivity index (χ0n) is 6.63. The lowest BCUT2D eigenvalue weighted by atomic mass is 10.5. The second-order valence-corrected chi connectivity index (χ2v) is 2.37. The molecule has 3 heteroatoms. The molecule has 0 bridgehead atoms. The summed E-state index contributed by atoms with van der Waals surface area (Å²) in [5.74, 6) is 0. The molecule has 0 fully saturated rings. The Hall–Kier alpha value is -0.120. The monoisotopic (exact) mass is 135 g/mol. The summed E-state index contributed by atoms with van der Waals surface area (Å²) >= 11 is 0. The molecule has 0 heterocycles. The van der Waals surface area contributed by atoms with Crippen molar-refractivity contribution < 1.29 is 10.2 Å². The average Bonchev–Trinajstić information content (AvgIpc) is 1.65. The minimum absolute atomic E-state index is 0.139. The minimum atomic E-state index is -0.560. The van der Waals surface area contributed by atoms with Crippen molar-refractivity contribution in [3.63, 3.8) is 0 Å². The second kappa shape index (κ2) is 7.88. The summed E-state index contributed by atoms with van der Waals surface area (Å²) < 4.78 is 0. The molecule has 0 rings (SSSR count). The Kier molecular flexibility index (Phi) is 10.2.